The number of aryl methyl sites for hydroxylation is 1. The Balaban J connectivity index is 1.36. The average molecular weight is 412 g/mol. The first kappa shape index (κ1) is 20.0. The number of nitrogens with zero attached hydrogens (tertiary/aromatic N) is 2. The van der Waals surface area contributed by atoms with Crippen molar-refractivity contribution >= 4 is 28.5 Å². The third-order valence-corrected chi connectivity index (χ3v) is 5.90. The Labute approximate surface area is 176 Å². The zero-order valence-corrected chi connectivity index (χ0v) is 17.6. The number of piperazine rings is 1. The fourth-order valence-electron chi connectivity index (χ4n) is 3.71. The summed E-state index contributed by atoms with van der Waals surface area (Å²) < 4.78 is 5.74. The molecule has 1 fully saturated rings. The van der Waals surface area contributed by atoms with Crippen LogP contribution in [-0.2, 0) is 13.1 Å². The minimum atomic E-state index is -0.226. The van der Waals surface area contributed by atoms with E-state index in [0.29, 0.717) is 22.9 Å². The highest BCUT2D eigenvalue weighted by Gasteiger charge is 2.19. The summed E-state index contributed by atoms with van der Waals surface area (Å²) in [5.41, 5.74) is 3.73. The molecule has 4 rings (SSSR count). The number of nitrogens with one attached hydrogen (secondary N) is 1. The van der Waals surface area contributed by atoms with Gasteiger partial charge in [-0.15, -0.1) is 0 Å². The maximum absolute atomic E-state index is 12.6. The number of benzene rings is 2. The molecule has 0 atom stereocenters. The fraction of sp³-hybridized carbons (Fsp3) is 0.348. The molecule has 5 nitrogen and oxygen atoms in total. The van der Waals surface area contributed by atoms with Crippen LogP contribution in [0.4, 0.5) is 0 Å². The van der Waals surface area contributed by atoms with Crippen LogP contribution in [0.15, 0.2) is 46.9 Å². The smallest absolute Gasteiger partial charge is 0.287 e. The van der Waals surface area contributed by atoms with Crippen LogP contribution in [0.2, 0.25) is 5.02 Å². The van der Waals surface area contributed by atoms with Gasteiger partial charge in [0.1, 0.15) is 0 Å². The Kier molecular flexibility index (Phi) is 5.90. The predicted molar refractivity (Wildman–Crippen MR) is 116 cm³/mol. The van der Waals surface area contributed by atoms with E-state index in [1.807, 2.05) is 19.1 Å². The summed E-state index contributed by atoms with van der Waals surface area (Å²) in [6.45, 7) is 7.76. The lowest BCUT2D eigenvalue weighted by Gasteiger charge is -2.32. The monoisotopic (exact) mass is 411 g/mol. The molecule has 0 saturated carbocycles. The van der Waals surface area contributed by atoms with Gasteiger partial charge in [0.15, 0.2) is 11.3 Å². The van der Waals surface area contributed by atoms with Crippen LogP contribution in [0.5, 0.6) is 0 Å². The molecule has 6 heteroatoms. The predicted octanol–water partition coefficient (Wildman–Crippen LogP) is 4.07. The molecular weight excluding hydrogens is 386 g/mol. The Hall–Kier alpha value is -2.34. The van der Waals surface area contributed by atoms with Crippen LogP contribution in [0.1, 0.15) is 27.2 Å². The van der Waals surface area contributed by atoms with E-state index in [4.69, 9.17) is 16.0 Å². The van der Waals surface area contributed by atoms with Gasteiger partial charge in [0.05, 0.1) is 5.02 Å². The number of likely N-dealkylation sites (N-methyl/N-ethyl adjacent to an activating group) is 1. The number of fused-ring (bicyclic) bond motifs is 1. The second-order valence-electron chi connectivity index (χ2n) is 7.75. The van der Waals surface area contributed by atoms with Crippen LogP contribution in [0.3, 0.4) is 0 Å². The quantitative estimate of drug-likeness (QED) is 0.687. The third kappa shape index (κ3) is 4.47. The van der Waals surface area contributed by atoms with Gasteiger partial charge in [-0.05, 0) is 31.2 Å². The first-order valence-electron chi connectivity index (χ1n) is 9.96. The number of rotatable bonds is 5. The van der Waals surface area contributed by atoms with Crippen molar-refractivity contribution in [2.45, 2.75) is 20.0 Å². The molecule has 1 aromatic heterocycles. The summed E-state index contributed by atoms with van der Waals surface area (Å²) in [6.07, 6.45) is 0. The molecule has 29 heavy (non-hydrogen) atoms. The van der Waals surface area contributed by atoms with Crippen molar-refractivity contribution in [3.63, 3.8) is 0 Å². The summed E-state index contributed by atoms with van der Waals surface area (Å²) in [5.74, 6) is 0.0936. The molecule has 3 aromatic rings. The maximum atomic E-state index is 12.6. The minimum absolute atomic E-state index is 0.226. The van der Waals surface area contributed by atoms with Crippen molar-refractivity contribution in [1.82, 2.24) is 15.1 Å². The van der Waals surface area contributed by atoms with E-state index >= 15 is 0 Å². The van der Waals surface area contributed by atoms with Gasteiger partial charge < -0.3 is 14.6 Å². The van der Waals surface area contributed by atoms with Crippen LogP contribution in [0.25, 0.3) is 11.0 Å². The van der Waals surface area contributed by atoms with Crippen LogP contribution < -0.4 is 5.32 Å². The Morgan fingerprint density at radius 1 is 1.07 bits per heavy atom. The molecule has 1 amide bonds. The minimum Gasteiger partial charge on any atom is -0.449 e. The Morgan fingerprint density at radius 3 is 2.45 bits per heavy atom. The third-order valence-electron chi connectivity index (χ3n) is 5.60. The number of halogens is 1. The fourth-order valence-corrected chi connectivity index (χ4v) is 3.93. The van der Waals surface area contributed by atoms with Crippen LogP contribution >= 0.6 is 11.6 Å². The normalized spacial score (nSPS) is 15.7. The molecule has 2 heterocycles. The Morgan fingerprint density at radius 2 is 1.76 bits per heavy atom. The van der Waals surface area contributed by atoms with Crippen LogP contribution in [0, 0.1) is 6.92 Å². The number of hydrogen-bond acceptors (Lipinski definition) is 4. The molecule has 0 bridgehead atoms. The van der Waals surface area contributed by atoms with E-state index in [1.54, 1.807) is 6.07 Å². The van der Waals surface area contributed by atoms with E-state index < -0.39 is 0 Å². The standard InChI is InChI=1S/C23H26ClN3O2/c1-16-19-4-3-5-20(24)22(19)29-21(16)23(28)25-14-17-6-8-18(9-7-17)15-27-12-10-26(2)11-13-27/h3-9H,10-15H2,1-2H3,(H,25,28). The highest BCUT2D eigenvalue weighted by atomic mass is 35.5. The lowest BCUT2D eigenvalue weighted by Crippen LogP contribution is -2.43. The van der Waals surface area contributed by atoms with E-state index in [0.717, 1.165) is 49.2 Å². The lowest BCUT2D eigenvalue weighted by molar-refractivity contribution is 0.0924. The van der Waals surface area contributed by atoms with Gasteiger partial charge in [0.2, 0.25) is 0 Å². The van der Waals surface area contributed by atoms with Gasteiger partial charge in [0, 0.05) is 50.2 Å². The highest BCUT2D eigenvalue weighted by molar-refractivity contribution is 6.35. The molecule has 0 radical (unpaired) electrons. The van der Waals surface area contributed by atoms with Gasteiger partial charge in [0.25, 0.3) is 5.91 Å². The zero-order chi connectivity index (χ0) is 20.4. The summed E-state index contributed by atoms with van der Waals surface area (Å²) in [7, 11) is 2.17. The first-order chi connectivity index (χ1) is 14.0. The number of carbonyl (C=O) groups is 1. The molecule has 2 aromatic carbocycles. The van der Waals surface area contributed by atoms with E-state index in [-0.39, 0.29) is 5.91 Å². The second-order valence-corrected chi connectivity index (χ2v) is 8.16. The van der Waals surface area contributed by atoms with Crippen molar-refractivity contribution in [2.75, 3.05) is 33.2 Å². The van der Waals surface area contributed by atoms with Crippen LogP contribution in [-0.4, -0.2) is 48.9 Å². The number of furan rings is 1. The topological polar surface area (TPSA) is 48.7 Å². The van der Waals surface area contributed by atoms with Gasteiger partial charge in [-0.1, -0.05) is 48.0 Å². The molecule has 0 aliphatic carbocycles. The number of para-hydroxylation sites is 1. The van der Waals surface area contributed by atoms with Gasteiger partial charge >= 0.3 is 0 Å². The molecule has 1 aliphatic rings. The van der Waals surface area contributed by atoms with Crippen molar-refractivity contribution in [1.29, 1.82) is 0 Å². The van der Waals surface area contributed by atoms with Crippen molar-refractivity contribution in [3.05, 3.63) is 69.9 Å². The highest BCUT2D eigenvalue weighted by Crippen LogP contribution is 2.30. The summed E-state index contributed by atoms with van der Waals surface area (Å²) in [5, 5.41) is 4.34. The van der Waals surface area contributed by atoms with E-state index in [9.17, 15) is 4.79 Å². The van der Waals surface area contributed by atoms with E-state index in [2.05, 4.69) is 46.4 Å². The Bertz CT molecular complexity index is 1000. The number of amides is 1. The molecule has 1 N–H and O–H groups in total. The van der Waals surface area contributed by atoms with Crippen molar-refractivity contribution in [3.8, 4) is 0 Å². The molecule has 152 valence electrons. The SMILES string of the molecule is Cc1c(C(=O)NCc2ccc(CN3CCN(C)CC3)cc2)oc2c(Cl)cccc12. The van der Waals surface area contributed by atoms with Gasteiger partial charge in [-0.25, -0.2) is 0 Å². The lowest BCUT2D eigenvalue weighted by atomic mass is 10.1. The molecular formula is C23H26ClN3O2. The first-order valence-corrected chi connectivity index (χ1v) is 10.3. The van der Waals surface area contributed by atoms with E-state index in [1.165, 1.54) is 5.56 Å². The second kappa shape index (κ2) is 8.57. The van der Waals surface area contributed by atoms with Crippen molar-refractivity contribution < 1.29 is 9.21 Å². The molecule has 0 spiro atoms. The molecule has 1 saturated heterocycles. The largest absolute Gasteiger partial charge is 0.449 e. The summed E-state index contributed by atoms with van der Waals surface area (Å²) in [6, 6.07) is 14.0. The number of carbonyl (C=O) groups excluding carboxylic acids is 1. The van der Waals surface area contributed by atoms with Gasteiger partial charge in [-0.3, -0.25) is 9.69 Å². The van der Waals surface area contributed by atoms with Gasteiger partial charge in [-0.2, -0.15) is 0 Å². The maximum Gasteiger partial charge on any atom is 0.287 e. The molecule has 1 aliphatic heterocycles. The summed E-state index contributed by atoms with van der Waals surface area (Å²) in [4.78, 5) is 17.5. The summed E-state index contributed by atoms with van der Waals surface area (Å²) >= 11 is 6.18. The molecule has 0 unspecified atom stereocenters. The number of hydrogen-bond donors (Lipinski definition) is 1. The zero-order valence-electron chi connectivity index (χ0n) is 16.9. The van der Waals surface area contributed by atoms with Crippen molar-refractivity contribution in [2.24, 2.45) is 0 Å². The average Bonchev–Trinajstić information content (AvgIpc) is 3.07.